The predicted octanol–water partition coefficient (Wildman–Crippen LogP) is 4.46. The topological polar surface area (TPSA) is 80.9 Å². The summed E-state index contributed by atoms with van der Waals surface area (Å²) in [6, 6.07) is 11.8. The third kappa shape index (κ3) is 5.14. The van der Waals surface area contributed by atoms with Crippen molar-refractivity contribution in [2.45, 2.75) is 45.6 Å². The van der Waals surface area contributed by atoms with Crippen LogP contribution in [-0.4, -0.2) is 22.4 Å². The van der Waals surface area contributed by atoms with Gasteiger partial charge in [0, 0.05) is 29.9 Å². The van der Waals surface area contributed by atoms with Gasteiger partial charge in [0.15, 0.2) is 0 Å². The molecule has 0 saturated carbocycles. The minimum Gasteiger partial charge on any atom is -0.364 e. The monoisotopic (exact) mass is 376 g/mol. The summed E-state index contributed by atoms with van der Waals surface area (Å²) in [6.45, 7) is 4.11. The Hall–Kier alpha value is -2.79. The fourth-order valence-corrected chi connectivity index (χ4v) is 3.33. The molecule has 0 saturated heterocycles. The molecule has 0 aliphatic rings. The van der Waals surface area contributed by atoms with Crippen LogP contribution in [0.5, 0.6) is 0 Å². The molecule has 0 radical (unpaired) electrons. The number of pyridine rings is 2. The second-order valence-corrected chi connectivity index (χ2v) is 7.11. The SMILES string of the molecule is CCCCCCCNCc1cccc(-c2cncc3ccc(C(N)=O)nc23)c1. The van der Waals surface area contributed by atoms with Crippen molar-refractivity contribution < 1.29 is 4.79 Å². The molecule has 5 nitrogen and oxygen atoms in total. The van der Waals surface area contributed by atoms with Crippen molar-refractivity contribution in [1.82, 2.24) is 15.3 Å². The lowest BCUT2D eigenvalue weighted by atomic mass is 10.0. The van der Waals surface area contributed by atoms with Gasteiger partial charge in [0.1, 0.15) is 5.69 Å². The van der Waals surface area contributed by atoms with Gasteiger partial charge in [-0.1, -0.05) is 50.8 Å². The first-order valence-corrected chi connectivity index (χ1v) is 10.0. The summed E-state index contributed by atoms with van der Waals surface area (Å²) in [4.78, 5) is 20.3. The highest BCUT2D eigenvalue weighted by atomic mass is 16.1. The lowest BCUT2D eigenvalue weighted by Gasteiger charge is -2.09. The Labute approximate surface area is 166 Å². The van der Waals surface area contributed by atoms with E-state index >= 15 is 0 Å². The number of hydrogen-bond donors (Lipinski definition) is 2. The standard InChI is InChI=1S/C23H28N4O/c1-2-3-4-5-6-12-25-14-17-8-7-9-18(13-17)20-16-26-15-19-10-11-21(23(24)28)27-22(19)20/h7-11,13,15-16,25H,2-6,12,14H2,1H3,(H2,24,28). The maximum absolute atomic E-state index is 11.5. The molecule has 3 aromatic rings. The quantitative estimate of drug-likeness (QED) is 0.512. The summed E-state index contributed by atoms with van der Waals surface area (Å²) in [5.74, 6) is -0.526. The number of rotatable bonds is 10. The Morgan fingerprint density at radius 2 is 1.93 bits per heavy atom. The van der Waals surface area contributed by atoms with Crippen LogP contribution in [0.15, 0.2) is 48.8 Å². The number of primary amides is 1. The molecule has 2 heterocycles. The molecule has 1 aromatic carbocycles. The van der Waals surface area contributed by atoms with Crippen molar-refractivity contribution in [2.24, 2.45) is 5.73 Å². The Morgan fingerprint density at radius 1 is 1.07 bits per heavy atom. The molecule has 3 rings (SSSR count). The summed E-state index contributed by atoms with van der Waals surface area (Å²) >= 11 is 0. The van der Waals surface area contributed by atoms with E-state index in [0.717, 1.165) is 35.1 Å². The molecule has 0 atom stereocenters. The fourth-order valence-electron chi connectivity index (χ4n) is 3.33. The zero-order valence-electron chi connectivity index (χ0n) is 16.4. The molecule has 2 aromatic heterocycles. The van der Waals surface area contributed by atoms with Crippen LogP contribution in [0, 0.1) is 0 Å². The molecule has 146 valence electrons. The minimum atomic E-state index is -0.526. The van der Waals surface area contributed by atoms with Crippen molar-refractivity contribution in [3.8, 4) is 11.1 Å². The first-order chi connectivity index (χ1) is 13.7. The Bertz CT molecular complexity index is 939. The van der Waals surface area contributed by atoms with Gasteiger partial charge in [-0.25, -0.2) is 4.98 Å². The lowest BCUT2D eigenvalue weighted by Crippen LogP contribution is -2.14. The van der Waals surface area contributed by atoms with Gasteiger partial charge in [-0.3, -0.25) is 9.78 Å². The predicted molar refractivity (Wildman–Crippen MR) is 114 cm³/mol. The highest BCUT2D eigenvalue weighted by Gasteiger charge is 2.10. The third-order valence-corrected chi connectivity index (χ3v) is 4.88. The van der Waals surface area contributed by atoms with Gasteiger partial charge in [0.25, 0.3) is 5.91 Å². The maximum Gasteiger partial charge on any atom is 0.267 e. The fraction of sp³-hybridized carbons (Fsp3) is 0.348. The van der Waals surface area contributed by atoms with Crippen molar-refractivity contribution in [2.75, 3.05) is 6.54 Å². The molecule has 0 fully saturated rings. The Morgan fingerprint density at radius 3 is 2.75 bits per heavy atom. The number of amides is 1. The Balaban J connectivity index is 1.73. The molecular formula is C23H28N4O. The summed E-state index contributed by atoms with van der Waals surface area (Å²) in [5.41, 5.74) is 9.56. The van der Waals surface area contributed by atoms with E-state index in [4.69, 9.17) is 5.73 Å². The van der Waals surface area contributed by atoms with E-state index in [-0.39, 0.29) is 5.69 Å². The molecule has 0 aliphatic carbocycles. The lowest BCUT2D eigenvalue weighted by molar-refractivity contribution is 0.0996. The van der Waals surface area contributed by atoms with Crippen LogP contribution >= 0.6 is 0 Å². The van der Waals surface area contributed by atoms with E-state index in [9.17, 15) is 4.79 Å². The number of nitrogens with one attached hydrogen (secondary N) is 1. The number of nitrogens with zero attached hydrogens (tertiary/aromatic N) is 2. The molecule has 0 bridgehead atoms. The molecule has 0 aliphatic heterocycles. The molecule has 0 unspecified atom stereocenters. The normalized spacial score (nSPS) is 11.0. The number of nitrogens with two attached hydrogens (primary N) is 1. The molecule has 1 amide bonds. The van der Waals surface area contributed by atoms with Crippen LogP contribution in [-0.2, 0) is 6.54 Å². The van der Waals surface area contributed by atoms with E-state index in [1.807, 2.05) is 18.2 Å². The van der Waals surface area contributed by atoms with E-state index in [0.29, 0.717) is 0 Å². The Kier molecular flexibility index (Phi) is 7.09. The van der Waals surface area contributed by atoms with Crippen LogP contribution in [0.4, 0.5) is 0 Å². The molecular weight excluding hydrogens is 348 g/mol. The van der Waals surface area contributed by atoms with Crippen LogP contribution in [0.3, 0.4) is 0 Å². The van der Waals surface area contributed by atoms with Gasteiger partial charge in [-0.15, -0.1) is 0 Å². The first-order valence-electron chi connectivity index (χ1n) is 10.0. The zero-order chi connectivity index (χ0) is 19.8. The average molecular weight is 377 g/mol. The summed E-state index contributed by atoms with van der Waals surface area (Å²) in [5, 5.41) is 4.41. The molecule has 0 spiro atoms. The highest BCUT2D eigenvalue weighted by molar-refractivity contribution is 5.97. The van der Waals surface area contributed by atoms with Crippen LogP contribution in [0.25, 0.3) is 22.0 Å². The number of hydrogen-bond acceptors (Lipinski definition) is 4. The van der Waals surface area contributed by atoms with Gasteiger partial charge >= 0.3 is 0 Å². The summed E-state index contributed by atoms with van der Waals surface area (Å²) < 4.78 is 0. The van der Waals surface area contributed by atoms with E-state index in [1.54, 1.807) is 18.5 Å². The van der Waals surface area contributed by atoms with Gasteiger partial charge < -0.3 is 11.1 Å². The number of aromatic nitrogens is 2. The van der Waals surface area contributed by atoms with Gasteiger partial charge in [-0.2, -0.15) is 0 Å². The second kappa shape index (κ2) is 9.95. The van der Waals surface area contributed by atoms with Crippen LogP contribution < -0.4 is 11.1 Å². The maximum atomic E-state index is 11.5. The van der Waals surface area contributed by atoms with Crippen molar-refractivity contribution in [3.05, 3.63) is 60.0 Å². The van der Waals surface area contributed by atoms with Gasteiger partial charge in [0.05, 0.1) is 5.52 Å². The van der Waals surface area contributed by atoms with E-state index in [1.165, 1.54) is 37.7 Å². The average Bonchev–Trinajstić information content (AvgIpc) is 2.72. The number of unbranched alkanes of at least 4 members (excludes halogenated alkanes) is 4. The molecule has 3 N–H and O–H groups in total. The third-order valence-electron chi connectivity index (χ3n) is 4.88. The summed E-state index contributed by atoms with van der Waals surface area (Å²) in [7, 11) is 0. The van der Waals surface area contributed by atoms with Crippen LogP contribution in [0.2, 0.25) is 0 Å². The number of carbonyl (C=O) groups excluding carboxylic acids is 1. The smallest absolute Gasteiger partial charge is 0.267 e. The van der Waals surface area contributed by atoms with Crippen LogP contribution in [0.1, 0.15) is 55.1 Å². The number of benzene rings is 1. The largest absolute Gasteiger partial charge is 0.364 e. The second-order valence-electron chi connectivity index (χ2n) is 7.11. The van der Waals surface area contributed by atoms with Gasteiger partial charge in [-0.05, 0) is 42.3 Å². The number of fused-ring (bicyclic) bond motifs is 1. The minimum absolute atomic E-state index is 0.265. The van der Waals surface area contributed by atoms with E-state index < -0.39 is 5.91 Å². The zero-order valence-corrected chi connectivity index (χ0v) is 16.4. The highest BCUT2D eigenvalue weighted by Crippen LogP contribution is 2.27. The molecule has 28 heavy (non-hydrogen) atoms. The first kappa shape index (κ1) is 20.0. The summed E-state index contributed by atoms with van der Waals surface area (Å²) in [6.07, 6.45) is 9.97. The van der Waals surface area contributed by atoms with Crippen molar-refractivity contribution in [1.29, 1.82) is 0 Å². The van der Waals surface area contributed by atoms with Gasteiger partial charge in [0.2, 0.25) is 0 Å². The van der Waals surface area contributed by atoms with Crippen molar-refractivity contribution in [3.63, 3.8) is 0 Å². The molecule has 5 heteroatoms. The number of carbonyl (C=O) groups is 1. The van der Waals surface area contributed by atoms with E-state index in [2.05, 4.69) is 34.3 Å². The van der Waals surface area contributed by atoms with Crippen molar-refractivity contribution >= 4 is 16.8 Å².